The van der Waals surface area contributed by atoms with Crippen molar-refractivity contribution in [2.24, 2.45) is 0 Å². The van der Waals surface area contributed by atoms with Gasteiger partial charge >= 0.3 is 6.16 Å². The Morgan fingerprint density at radius 1 is 0.755 bits per heavy atom. The van der Waals surface area contributed by atoms with Gasteiger partial charge in [-0.2, -0.15) is 0 Å². The van der Waals surface area contributed by atoms with E-state index in [0.29, 0.717) is 0 Å². The molecule has 49 heavy (non-hydrogen) atoms. The summed E-state index contributed by atoms with van der Waals surface area (Å²) in [4.78, 5) is 13.2. The van der Waals surface area contributed by atoms with Gasteiger partial charge < -0.3 is 28.8 Å². The number of carbonyl (C=O) groups excluding carboxylic acids is 1. The van der Waals surface area contributed by atoms with Crippen molar-refractivity contribution in [2.45, 2.75) is 35.6 Å². The highest BCUT2D eigenvalue weighted by Gasteiger charge is 2.44. The topological polar surface area (TPSA) is 83.5 Å². The minimum atomic E-state index is -1.15. The first-order chi connectivity index (χ1) is 24.0. The first-order valence-electron chi connectivity index (χ1n) is 16.7. The largest absolute Gasteiger partial charge is 0.508 e. The number of hydrogen-bond acceptors (Lipinski definition) is 7. The maximum Gasteiger partial charge on any atom is 0.508 e. The van der Waals surface area contributed by atoms with E-state index in [2.05, 4.69) is 24.3 Å². The number of rotatable bonds is 10. The van der Waals surface area contributed by atoms with Gasteiger partial charge in [0.05, 0.1) is 13.7 Å². The summed E-state index contributed by atoms with van der Waals surface area (Å²) < 4.78 is 30.1. The van der Waals surface area contributed by atoms with E-state index in [1.807, 2.05) is 117 Å². The summed E-state index contributed by atoms with van der Waals surface area (Å²) in [6.45, 7) is 0.429. The highest BCUT2D eigenvalue weighted by atomic mass is 16.7. The molecule has 8 heteroatoms. The molecule has 5 aromatic rings. The van der Waals surface area contributed by atoms with Gasteiger partial charge in [-0.05, 0) is 56.9 Å². The van der Waals surface area contributed by atoms with Crippen molar-refractivity contribution in [2.75, 3.05) is 26.9 Å². The molecule has 7 nitrogen and oxygen atoms in total. The monoisotopic (exact) mass is 654 g/mol. The van der Waals surface area contributed by atoms with Gasteiger partial charge in [0.1, 0.15) is 44.1 Å². The zero-order valence-electron chi connectivity index (χ0n) is 27.6. The number of carbonyl (C=O) groups is 1. The Labute approximate surface area is 287 Å². The lowest BCUT2D eigenvalue weighted by Gasteiger charge is -2.41. The first kappa shape index (κ1) is 32.7. The molecule has 5 aromatic carbocycles. The number of aliphatic hydroxyl groups is 1. The molecule has 4 atom stereocenters. The Balaban J connectivity index is 1.09. The van der Waals surface area contributed by atoms with E-state index in [1.54, 1.807) is 7.11 Å². The van der Waals surface area contributed by atoms with Crippen molar-refractivity contribution in [3.8, 4) is 16.9 Å². The van der Waals surface area contributed by atoms with Gasteiger partial charge in [-0.1, -0.05) is 121 Å². The average Bonchev–Trinajstić information content (AvgIpc) is 3.48. The summed E-state index contributed by atoms with van der Waals surface area (Å²) in [5, 5.41) is 11.6. The molecule has 0 amide bonds. The molecule has 1 aliphatic heterocycles. The Kier molecular flexibility index (Phi) is 9.53. The first-order valence-corrected chi connectivity index (χ1v) is 16.7. The van der Waals surface area contributed by atoms with Crippen LogP contribution in [-0.2, 0) is 24.5 Å². The predicted octanol–water partition coefficient (Wildman–Crippen LogP) is 6.52. The van der Waals surface area contributed by atoms with Crippen LogP contribution in [0.2, 0.25) is 5.82 Å². The van der Waals surface area contributed by atoms with Crippen molar-refractivity contribution in [1.82, 2.24) is 0 Å². The fraction of sp³-hybridized carbons (Fsp3) is 0.244. The second-order valence-corrected chi connectivity index (χ2v) is 12.7. The van der Waals surface area contributed by atoms with Crippen molar-refractivity contribution in [3.05, 3.63) is 161 Å². The molecule has 248 valence electrons. The molecular weight excluding hydrogens is 615 g/mol. The van der Waals surface area contributed by atoms with Crippen LogP contribution in [-0.4, -0.2) is 64.4 Å². The minimum absolute atomic E-state index is 0.0221. The Morgan fingerprint density at radius 2 is 1.29 bits per heavy atom. The Hall–Kier alpha value is -4.89. The molecule has 0 saturated carbocycles. The summed E-state index contributed by atoms with van der Waals surface area (Å²) in [6.07, 6.45) is -3.58. The van der Waals surface area contributed by atoms with Gasteiger partial charge in [-0.3, -0.25) is 0 Å². The number of hydrogen-bond donors (Lipinski definition) is 1. The van der Waals surface area contributed by atoms with Gasteiger partial charge in [-0.25, -0.2) is 4.79 Å². The molecule has 0 radical (unpaired) electrons. The highest BCUT2D eigenvalue weighted by molar-refractivity contribution is 6.12. The Bertz CT molecular complexity index is 1780. The van der Waals surface area contributed by atoms with Crippen LogP contribution >= 0.6 is 0 Å². The molecule has 0 bridgehead atoms. The summed E-state index contributed by atoms with van der Waals surface area (Å²) >= 11 is 0. The molecule has 1 fully saturated rings. The van der Waals surface area contributed by atoms with Crippen molar-refractivity contribution in [3.63, 3.8) is 0 Å². The lowest BCUT2D eigenvalue weighted by Crippen LogP contribution is -2.52. The van der Waals surface area contributed by atoms with E-state index in [4.69, 9.17) is 23.7 Å². The summed E-state index contributed by atoms with van der Waals surface area (Å²) in [5.41, 5.74) is 6.20. The third kappa shape index (κ3) is 6.35. The van der Waals surface area contributed by atoms with Crippen LogP contribution in [0.5, 0.6) is 5.75 Å². The SMILES string of the molecule is BC1COC(COC(c2ccccc2)(c2ccccc2)c2ccc(OC)cc2)C(O)[C@@H]1OC(=O)OCC1c2ccccc2-c2ccccc21. The molecule has 1 N–H and O–H groups in total. The zero-order valence-corrected chi connectivity index (χ0v) is 27.6. The molecular formula is C41H39BO7. The van der Waals surface area contributed by atoms with Crippen LogP contribution in [0.3, 0.4) is 0 Å². The molecule has 1 heterocycles. The quantitative estimate of drug-likeness (QED) is 0.104. The number of benzene rings is 5. The van der Waals surface area contributed by atoms with Crippen LogP contribution in [0, 0.1) is 0 Å². The molecule has 2 aliphatic rings. The molecule has 7 rings (SSSR count). The fourth-order valence-corrected chi connectivity index (χ4v) is 7.21. The molecule has 3 unspecified atom stereocenters. The van der Waals surface area contributed by atoms with E-state index in [-0.39, 0.29) is 31.6 Å². The number of methoxy groups -OCH3 is 1. The minimum Gasteiger partial charge on any atom is -0.497 e. The average molecular weight is 655 g/mol. The fourth-order valence-electron chi connectivity index (χ4n) is 7.21. The van der Waals surface area contributed by atoms with Crippen LogP contribution in [0.15, 0.2) is 133 Å². The predicted molar refractivity (Wildman–Crippen MR) is 190 cm³/mol. The lowest BCUT2D eigenvalue weighted by molar-refractivity contribution is -0.171. The highest BCUT2D eigenvalue weighted by Crippen LogP contribution is 2.45. The van der Waals surface area contributed by atoms with Gasteiger partial charge in [0.15, 0.2) is 0 Å². The van der Waals surface area contributed by atoms with Gasteiger partial charge in [0, 0.05) is 12.5 Å². The number of ether oxygens (including phenoxy) is 5. The van der Waals surface area contributed by atoms with Crippen LogP contribution < -0.4 is 4.74 Å². The van der Waals surface area contributed by atoms with E-state index in [9.17, 15) is 9.90 Å². The van der Waals surface area contributed by atoms with E-state index < -0.39 is 30.1 Å². The van der Waals surface area contributed by atoms with Crippen molar-refractivity contribution < 1.29 is 33.6 Å². The Morgan fingerprint density at radius 3 is 1.86 bits per heavy atom. The van der Waals surface area contributed by atoms with Gasteiger partial charge in [0.2, 0.25) is 0 Å². The third-order valence-electron chi connectivity index (χ3n) is 9.74. The second-order valence-electron chi connectivity index (χ2n) is 12.7. The molecule has 1 aliphatic carbocycles. The second kappa shape index (κ2) is 14.3. The summed E-state index contributed by atoms with van der Waals surface area (Å²) in [5.74, 6) is 0.369. The number of fused-ring (bicyclic) bond motifs is 3. The summed E-state index contributed by atoms with van der Waals surface area (Å²) in [7, 11) is 3.52. The maximum atomic E-state index is 13.2. The van der Waals surface area contributed by atoms with Gasteiger partial charge in [0.25, 0.3) is 0 Å². The van der Waals surface area contributed by atoms with E-state index >= 15 is 0 Å². The smallest absolute Gasteiger partial charge is 0.497 e. The molecule has 1 saturated heterocycles. The normalized spacial score (nSPS) is 20.2. The standard InChI is InChI=1S/C41H39BO7/c1-45-30-22-20-29(21-23-30)41(27-12-4-2-5-13-27,28-14-6-3-7-15-28)48-26-37-38(43)39(36(42)25-46-37)49-40(44)47-24-35-33-18-10-8-16-31(33)32-17-9-11-19-34(32)35/h2-23,35-39,43H,24-26,42H2,1H3/t36?,37?,38?,39-/m1/s1. The van der Waals surface area contributed by atoms with Crippen molar-refractivity contribution >= 4 is 14.0 Å². The molecule has 0 spiro atoms. The van der Waals surface area contributed by atoms with Crippen LogP contribution in [0.25, 0.3) is 11.1 Å². The number of aliphatic hydroxyl groups excluding tert-OH is 1. The third-order valence-corrected chi connectivity index (χ3v) is 9.74. The lowest BCUT2D eigenvalue weighted by atomic mass is 9.77. The van der Waals surface area contributed by atoms with Crippen LogP contribution in [0.1, 0.15) is 33.7 Å². The van der Waals surface area contributed by atoms with Crippen molar-refractivity contribution in [1.29, 1.82) is 0 Å². The summed E-state index contributed by atoms with van der Waals surface area (Å²) in [6, 6.07) is 44.1. The molecule has 0 aromatic heterocycles. The van der Waals surface area contributed by atoms with Crippen LogP contribution in [0.4, 0.5) is 4.79 Å². The van der Waals surface area contributed by atoms with E-state index in [0.717, 1.165) is 44.7 Å². The van der Waals surface area contributed by atoms with Gasteiger partial charge in [-0.15, -0.1) is 0 Å². The zero-order chi connectivity index (χ0) is 33.8. The maximum absolute atomic E-state index is 13.2. The van der Waals surface area contributed by atoms with E-state index in [1.165, 1.54) is 0 Å².